The van der Waals surface area contributed by atoms with E-state index >= 15 is 0 Å². The van der Waals surface area contributed by atoms with Crippen LogP contribution in [0.4, 0.5) is 10.1 Å². The number of anilines is 1. The normalized spacial score (nSPS) is 11.2. The lowest BCUT2D eigenvalue weighted by Crippen LogP contribution is -2.13. The summed E-state index contributed by atoms with van der Waals surface area (Å²) in [6.07, 6.45) is 3.28. The van der Waals surface area contributed by atoms with Gasteiger partial charge in [0.05, 0.1) is 24.3 Å². The average molecular weight is 380 g/mol. The Morgan fingerprint density at radius 1 is 1.08 bits per heavy atom. The fraction of sp³-hybridized carbons (Fsp3) is 0. The Labute approximate surface area is 145 Å². The van der Waals surface area contributed by atoms with Crippen LogP contribution in [0.25, 0.3) is 10.6 Å². The first kappa shape index (κ1) is 16.9. The molecule has 0 fully saturated rings. The molecule has 1 aromatic carbocycles. The van der Waals surface area contributed by atoms with E-state index in [2.05, 4.69) is 19.7 Å². The number of carbonyl (C=O) groups is 1. The molecule has 3 rings (SSSR count). The van der Waals surface area contributed by atoms with Gasteiger partial charge in [0.15, 0.2) is 4.21 Å². The molecule has 0 saturated carbocycles. The third-order valence-corrected chi connectivity index (χ3v) is 5.82. The van der Waals surface area contributed by atoms with Crippen LogP contribution in [0.15, 0.2) is 47.1 Å². The Balaban J connectivity index is 1.83. The van der Waals surface area contributed by atoms with Crippen molar-refractivity contribution in [3.05, 3.63) is 54.5 Å². The summed E-state index contributed by atoms with van der Waals surface area (Å²) in [5, 5.41) is 9.14. The molecule has 2 heterocycles. The van der Waals surface area contributed by atoms with Crippen molar-refractivity contribution in [1.82, 2.24) is 15.0 Å². The average Bonchev–Trinajstić information content (AvgIpc) is 3.06. The molecule has 0 aliphatic carbocycles. The van der Waals surface area contributed by atoms with Crippen molar-refractivity contribution in [2.45, 2.75) is 4.21 Å². The molecule has 0 atom stereocenters. The van der Waals surface area contributed by atoms with Gasteiger partial charge in [-0.2, -0.15) is 0 Å². The standard InChI is InChI=1S/C14H9FN4O4S2/c15-9-3-1-8(2-4-9)13-18-7-11(24-13)25(22,23)19-10-5-16-12(14(20)21)17-6-10/h1-7,19H,(H,20,21). The minimum atomic E-state index is -3.94. The molecule has 128 valence electrons. The number of carboxylic acids is 1. The molecule has 25 heavy (non-hydrogen) atoms. The number of nitrogens with one attached hydrogen (secondary N) is 1. The summed E-state index contributed by atoms with van der Waals surface area (Å²) in [6.45, 7) is 0. The number of halogens is 1. The summed E-state index contributed by atoms with van der Waals surface area (Å²) in [4.78, 5) is 21.8. The molecule has 11 heteroatoms. The maximum atomic E-state index is 12.9. The van der Waals surface area contributed by atoms with Crippen molar-refractivity contribution in [1.29, 1.82) is 0 Å². The van der Waals surface area contributed by atoms with E-state index in [1.807, 2.05) is 0 Å². The molecule has 0 unspecified atom stereocenters. The number of hydrogen-bond acceptors (Lipinski definition) is 7. The van der Waals surface area contributed by atoms with Gasteiger partial charge in [-0.15, -0.1) is 11.3 Å². The molecular weight excluding hydrogens is 371 g/mol. The highest BCUT2D eigenvalue weighted by atomic mass is 32.2. The lowest BCUT2D eigenvalue weighted by molar-refractivity contribution is 0.0683. The molecule has 8 nitrogen and oxygen atoms in total. The van der Waals surface area contributed by atoms with E-state index < -0.39 is 27.6 Å². The van der Waals surface area contributed by atoms with Crippen LogP contribution in [-0.2, 0) is 10.0 Å². The van der Waals surface area contributed by atoms with Gasteiger partial charge in [0.2, 0.25) is 5.82 Å². The van der Waals surface area contributed by atoms with Crippen molar-refractivity contribution in [3.63, 3.8) is 0 Å². The highest BCUT2D eigenvalue weighted by Crippen LogP contribution is 2.29. The van der Waals surface area contributed by atoms with Crippen molar-refractivity contribution in [2.24, 2.45) is 0 Å². The summed E-state index contributed by atoms with van der Waals surface area (Å²) < 4.78 is 39.8. The third kappa shape index (κ3) is 3.78. The number of hydrogen-bond donors (Lipinski definition) is 2. The number of carboxylic acid groups (broad SMARTS) is 1. The second-order valence-electron chi connectivity index (χ2n) is 4.70. The van der Waals surface area contributed by atoms with E-state index in [-0.39, 0.29) is 9.90 Å². The number of thiazole rings is 1. The first-order valence-corrected chi connectivity index (χ1v) is 8.95. The predicted octanol–water partition coefficient (Wildman–Crippen LogP) is 2.24. The molecule has 0 spiro atoms. The summed E-state index contributed by atoms with van der Waals surface area (Å²) >= 11 is 0.907. The zero-order chi connectivity index (χ0) is 18.0. The van der Waals surface area contributed by atoms with Crippen molar-refractivity contribution < 1.29 is 22.7 Å². The highest BCUT2D eigenvalue weighted by Gasteiger charge is 2.19. The Hall–Kier alpha value is -2.92. The summed E-state index contributed by atoms with van der Waals surface area (Å²) in [5.41, 5.74) is 0.601. The number of aromatic nitrogens is 3. The largest absolute Gasteiger partial charge is 0.475 e. The van der Waals surface area contributed by atoms with E-state index in [1.54, 1.807) is 0 Å². The summed E-state index contributed by atoms with van der Waals surface area (Å²) in [7, 11) is -3.94. The SMILES string of the molecule is O=C(O)c1ncc(NS(=O)(=O)c2cnc(-c3ccc(F)cc3)s2)cn1. The van der Waals surface area contributed by atoms with E-state index in [4.69, 9.17) is 5.11 Å². The van der Waals surface area contributed by atoms with Crippen molar-refractivity contribution >= 4 is 33.0 Å². The van der Waals surface area contributed by atoms with Gasteiger partial charge in [-0.1, -0.05) is 0 Å². The Morgan fingerprint density at radius 3 is 2.32 bits per heavy atom. The van der Waals surface area contributed by atoms with Crippen molar-refractivity contribution in [3.8, 4) is 10.6 Å². The molecule has 2 N–H and O–H groups in total. The molecule has 0 radical (unpaired) electrons. The van der Waals surface area contributed by atoms with Gasteiger partial charge in [0, 0.05) is 5.56 Å². The zero-order valence-corrected chi connectivity index (χ0v) is 13.9. The quantitative estimate of drug-likeness (QED) is 0.696. The Bertz CT molecular complexity index is 1020. The van der Waals surface area contributed by atoms with Crippen LogP contribution in [-0.4, -0.2) is 34.4 Å². The highest BCUT2D eigenvalue weighted by molar-refractivity contribution is 7.94. The fourth-order valence-corrected chi connectivity index (χ4v) is 3.97. The maximum absolute atomic E-state index is 12.9. The molecule has 0 aliphatic rings. The lowest BCUT2D eigenvalue weighted by atomic mass is 10.2. The Morgan fingerprint density at radius 2 is 1.72 bits per heavy atom. The molecule has 0 amide bonds. The van der Waals surface area contributed by atoms with Crippen LogP contribution in [0.2, 0.25) is 0 Å². The minimum Gasteiger partial charge on any atom is -0.475 e. The topological polar surface area (TPSA) is 122 Å². The van der Waals surface area contributed by atoms with E-state index in [1.165, 1.54) is 30.5 Å². The van der Waals surface area contributed by atoms with E-state index in [0.29, 0.717) is 10.6 Å². The van der Waals surface area contributed by atoms with E-state index in [0.717, 1.165) is 23.7 Å². The van der Waals surface area contributed by atoms with Crippen LogP contribution in [0.5, 0.6) is 0 Å². The molecule has 0 saturated heterocycles. The minimum absolute atomic E-state index is 0.0155. The lowest BCUT2D eigenvalue weighted by Gasteiger charge is -2.04. The van der Waals surface area contributed by atoms with E-state index in [9.17, 15) is 17.6 Å². The number of aromatic carboxylic acids is 1. The molecule has 2 aromatic heterocycles. The molecular formula is C14H9FN4O4S2. The zero-order valence-electron chi connectivity index (χ0n) is 12.2. The van der Waals surface area contributed by atoms with Gasteiger partial charge in [-0.3, -0.25) is 4.72 Å². The smallest absolute Gasteiger partial charge is 0.373 e. The number of nitrogens with zero attached hydrogens (tertiary/aromatic N) is 3. The Kier molecular flexibility index (Phi) is 4.42. The van der Waals surface area contributed by atoms with Gasteiger partial charge >= 0.3 is 5.97 Å². The second-order valence-corrected chi connectivity index (χ2v) is 7.64. The van der Waals surface area contributed by atoms with Crippen LogP contribution < -0.4 is 4.72 Å². The fourth-order valence-electron chi connectivity index (χ4n) is 1.81. The number of rotatable bonds is 5. The van der Waals surface area contributed by atoms with Crippen LogP contribution in [0.3, 0.4) is 0 Å². The van der Waals surface area contributed by atoms with Crippen molar-refractivity contribution in [2.75, 3.05) is 4.72 Å². The van der Waals surface area contributed by atoms with Gasteiger partial charge in [0.25, 0.3) is 10.0 Å². The van der Waals surface area contributed by atoms with Crippen LogP contribution in [0, 0.1) is 5.82 Å². The second kappa shape index (κ2) is 6.53. The monoisotopic (exact) mass is 380 g/mol. The van der Waals surface area contributed by atoms with Crippen LogP contribution in [0.1, 0.15) is 10.6 Å². The summed E-state index contributed by atoms with van der Waals surface area (Å²) in [6, 6.07) is 5.50. The molecule has 3 aromatic rings. The first-order valence-electron chi connectivity index (χ1n) is 6.65. The van der Waals surface area contributed by atoms with Gasteiger partial charge in [-0.25, -0.2) is 32.6 Å². The van der Waals surface area contributed by atoms with Crippen LogP contribution >= 0.6 is 11.3 Å². The molecule has 0 aliphatic heterocycles. The molecule has 0 bridgehead atoms. The number of benzene rings is 1. The summed E-state index contributed by atoms with van der Waals surface area (Å²) in [5.74, 6) is -2.17. The van der Waals surface area contributed by atoms with Gasteiger partial charge in [-0.05, 0) is 24.3 Å². The third-order valence-electron chi connectivity index (χ3n) is 2.94. The maximum Gasteiger partial charge on any atom is 0.373 e. The van der Waals surface area contributed by atoms with Gasteiger partial charge in [0.1, 0.15) is 10.8 Å². The predicted molar refractivity (Wildman–Crippen MR) is 87.3 cm³/mol. The van der Waals surface area contributed by atoms with Gasteiger partial charge < -0.3 is 5.11 Å². The number of sulfonamides is 1. The first-order chi connectivity index (χ1) is 11.8.